The standard InChI is InChI=1S/C29H35N11O2/c30-17-11-18(31)13-39(12-17)28-36-27(37-29(38-28)40-14-23(32)24(33)15-40)35-20-8-6-19(7-9-20)34-26(42)22-10-5-16-3-1-2-4-21(16)25(22)41/h1-10,17-18,23-24,41H,11-15,30-33H2,(H,34,42)(H,35,36,37,38)/t17-,18+,23-,24+. The maximum absolute atomic E-state index is 12.9. The highest BCUT2D eigenvalue weighted by Gasteiger charge is 2.31. The molecule has 0 saturated carbocycles. The molecule has 0 unspecified atom stereocenters. The van der Waals surface area contributed by atoms with E-state index in [1.165, 1.54) is 0 Å². The second-order valence-electron chi connectivity index (χ2n) is 11.0. The molecule has 0 bridgehead atoms. The molecule has 42 heavy (non-hydrogen) atoms. The largest absolute Gasteiger partial charge is 0.506 e. The highest BCUT2D eigenvalue weighted by Crippen LogP contribution is 2.30. The number of anilines is 5. The zero-order valence-corrected chi connectivity index (χ0v) is 23.0. The summed E-state index contributed by atoms with van der Waals surface area (Å²) in [5, 5.41) is 18.2. The first-order valence-corrected chi connectivity index (χ1v) is 13.9. The summed E-state index contributed by atoms with van der Waals surface area (Å²) in [5.74, 6) is 0.820. The highest BCUT2D eigenvalue weighted by molar-refractivity contribution is 6.09. The molecule has 0 radical (unpaired) electrons. The third-order valence-corrected chi connectivity index (χ3v) is 7.65. The number of nitrogens with one attached hydrogen (secondary N) is 2. The second kappa shape index (κ2) is 11.4. The van der Waals surface area contributed by atoms with Crippen molar-refractivity contribution in [2.45, 2.75) is 30.6 Å². The van der Waals surface area contributed by atoms with E-state index >= 15 is 0 Å². The Morgan fingerprint density at radius 1 is 0.762 bits per heavy atom. The second-order valence-corrected chi connectivity index (χ2v) is 11.0. The Bertz CT molecular complexity index is 1580. The molecule has 11 N–H and O–H groups in total. The number of hydrogen-bond donors (Lipinski definition) is 7. The Morgan fingerprint density at radius 3 is 2.02 bits per heavy atom. The molecular weight excluding hydrogens is 534 g/mol. The number of carbonyl (C=O) groups is 1. The number of aromatic nitrogens is 3. The first kappa shape index (κ1) is 27.6. The van der Waals surface area contributed by atoms with Crippen LogP contribution in [0.4, 0.5) is 29.2 Å². The third-order valence-electron chi connectivity index (χ3n) is 7.65. The van der Waals surface area contributed by atoms with Gasteiger partial charge in [-0.3, -0.25) is 4.79 Å². The van der Waals surface area contributed by atoms with E-state index in [-0.39, 0.29) is 35.5 Å². The van der Waals surface area contributed by atoms with Gasteiger partial charge in [-0.2, -0.15) is 15.0 Å². The molecule has 1 aromatic heterocycles. The van der Waals surface area contributed by atoms with E-state index in [9.17, 15) is 9.90 Å². The quantitative estimate of drug-likeness (QED) is 0.174. The van der Waals surface area contributed by atoms with Gasteiger partial charge in [-0.15, -0.1) is 0 Å². The molecule has 0 aliphatic carbocycles. The maximum atomic E-state index is 12.9. The number of phenols is 1. The number of aromatic hydroxyl groups is 1. The highest BCUT2D eigenvalue weighted by atomic mass is 16.3. The zero-order chi connectivity index (χ0) is 29.4. The van der Waals surface area contributed by atoms with Crippen molar-refractivity contribution in [1.82, 2.24) is 15.0 Å². The molecule has 13 nitrogen and oxygen atoms in total. The summed E-state index contributed by atoms with van der Waals surface area (Å²) in [5.41, 5.74) is 26.2. The maximum Gasteiger partial charge on any atom is 0.259 e. The molecule has 13 heteroatoms. The first-order chi connectivity index (χ1) is 20.2. The van der Waals surface area contributed by atoms with Gasteiger partial charge in [0.25, 0.3) is 5.91 Å². The minimum absolute atomic E-state index is 0.0548. The summed E-state index contributed by atoms with van der Waals surface area (Å²) in [4.78, 5) is 30.9. The Balaban J connectivity index is 1.21. The zero-order valence-electron chi connectivity index (χ0n) is 23.0. The van der Waals surface area contributed by atoms with Crippen LogP contribution in [0.15, 0.2) is 60.7 Å². The van der Waals surface area contributed by atoms with Gasteiger partial charge < -0.3 is 48.5 Å². The van der Waals surface area contributed by atoms with Gasteiger partial charge in [0.1, 0.15) is 5.75 Å². The molecule has 4 atom stereocenters. The van der Waals surface area contributed by atoms with E-state index in [1.807, 2.05) is 34.1 Å². The lowest BCUT2D eigenvalue weighted by Crippen LogP contribution is -2.53. The van der Waals surface area contributed by atoms with Gasteiger partial charge in [0.2, 0.25) is 17.8 Å². The SMILES string of the molecule is N[C@@H]1C[C@H](N)CN(c2nc(Nc3ccc(NC(=O)c4ccc5ccccc5c4O)cc3)nc(N3C[C@@H](N)[C@@H](N)C3)n2)C1. The molecule has 218 valence electrons. The number of rotatable bonds is 6. The minimum Gasteiger partial charge on any atom is -0.506 e. The van der Waals surface area contributed by atoms with Crippen molar-refractivity contribution in [3.63, 3.8) is 0 Å². The molecule has 2 saturated heterocycles. The molecule has 4 aromatic rings. The molecule has 3 heterocycles. The Morgan fingerprint density at radius 2 is 1.36 bits per heavy atom. The Hall–Kier alpha value is -4.56. The topological polar surface area (TPSA) is 211 Å². The van der Waals surface area contributed by atoms with Gasteiger partial charge >= 0.3 is 0 Å². The number of phenolic OH excluding ortho intramolecular Hbond substituents is 1. The van der Waals surface area contributed by atoms with Crippen LogP contribution in [0.2, 0.25) is 0 Å². The normalized spacial score (nSPS) is 22.4. The van der Waals surface area contributed by atoms with Crippen molar-refractivity contribution < 1.29 is 9.90 Å². The molecule has 2 aliphatic rings. The van der Waals surface area contributed by atoms with Crippen LogP contribution < -0.4 is 43.4 Å². The van der Waals surface area contributed by atoms with E-state index in [0.29, 0.717) is 60.8 Å². The molecule has 3 aromatic carbocycles. The number of carbonyl (C=O) groups excluding carboxylic acids is 1. The Labute approximate surface area is 242 Å². The molecule has 1 amide bonds. The van der Waals surface area contributed by atoms with Crippen molar-refractivity contribution in [2.75, 3.05) is 46.6 Å². The van der Waals surface area contributed by atoms with Gasteiger partial charge in [0.05, 0.1) is 5.56 Å². The average molecular weight is 570 g/mol. The summed E-state index contributed by atoms with van der Waals surface area (Å²) in [6, 6.07) is 17.3. The molecule has 2 fully saturated rings. The summed E-state index contributed by atoms with van der Waals surface area (Å²) in [6.45, 7) is 2.22. The Kier molecular flexibility index (Phi) is 7.47. The minimum atomic E-state index is -0.411. The van der Waals surface area contributed by atoms with Gasteiger partial charge in [0, 0.05) is 67.1 Å². The number of hydrogen-bond acceptors (Lipinski definition) is 12. The predicted molar refractivity (Wildman–Crippen MR) is 164 cm³/mol. The van der Waals surface area contributed by atoms with Crippen LogP contribution in [0.5, 0.6) is 5.75 Å². The summed E-state index contributed by atoms with van der Waals surface area (Å²) < 4.78 is 0. The fourth-order valence-corrected chi connectivity index (χ4v) is 5.45. The lowest BCUT2D eigenvalue weighted by molar-refractivity contribution is 0.102. The van der Waals surface area contributed by atoms with Crippen LogP contribution >= 0.6 is 0 Å². The van der Waals surface area contributed by atoms with E-state index < -0.39 is 5.91 Å². The van der Waals surface area contributed by atoms with Crippen molar-refractivity contribution in [2.24, 2.45) is 22.9 Å². The van der Waals surface area contributed by atoms with Crippen LogP contribution in [-0.2, 0) is 0 Å². The molecule has 0 spiro atoms. The summed E-state index contributed by atoms with van der Waals surface area (Å²) in [6.07, 6.45) is 0.735. The lowest BCUT2D eigenvalue weighted by Gasteiger charge is -2.35. The third kappa shape index (κ3) is 5.76. The van der Waals surface area contributed by atoms with Crippen LogP contribution in [0.1, 0.15) is 16.8 Å². The van der Waals surface area contributed by atoms with E-state index in [4.69, 9.17) is 27.9 Å². The van der Waals surface area contributed by atoms with Gasteiger partial charge in [-0.05, 0) is 42.1 Å². The van der Waals surface area contributed by atoms with Crippen molar-refractivity contribution in [3.8, 4) is 5.75 Å². The van der Waals surface area contributed by atoms with Gasteiger partial charge in [-0.1, -0.05) is 30.3 Å². The lowest BCUT2D eigenvalue weighted by atomic mass is 10.0. The molecule has 6 rings (SSSR count). The molecular formula is C29H35N11O2. The predicted octanol–water partition coefficient (Wildman–Crippen LogP) is 1.07. The fourth-order valence-electron chi connectivity index (χ4n) is 5.45. The number of amides is 1. The fraction of sp³-hybridized carbons (Fsp3) is 0.310. The number of nitrogens with zero attached hydrogens (tertiary/aromatic N) is 5. The van der Waals surface area contributed by atoms with E-state index in [2.05, 4.69) is 20.6 Å². The number of piperidine rings is 1. The van der Waals surface area contributed by atoms with Crippen molar-refractivity contribution in [1.29, 1.82) is 0 Å². The summed E-state index contributed by atoms with van der Waals surface area (Å²) in [7, 11) is 0. The number of nitrogens with two attached hydrogens (primary N) is 4. The van der Waals surface area contributed by atoms with Gasteiger partial charge in [-0.25, -0.2) is 0 Å². The number of benzene rings is 3. The average Bonchev–Trinajstić information content (AvgIpc) is 3.31. The monoisotopic (exact) mass is 569 g/mol. The van der Waals surface area contributed by atoms with E-state index in [1.54, 1.807) is 36.4 Å². The van der Waals surface area contributed by atoms with Crippen LogP contribution in [0.3, 0.4) is 0 Å². The smallest absolute Gasteiger partial charge is 0.259 e. The number of fused-ring (bicyclic) bond motifs is 1. The van der Waals surface area contributed by atoms with Crippen molar-refractivity contribution in [3.05, 3.63) is 66.2 Å². The first-order valence-electron chi connectivity index (χ1n) is 13.9. The van der Waals surface area contributed by atoms with Crippen molar-refractivity contribution >= 4 is 45.9 Å². The van der Waals surface area contributed by atoms with Crippen LogP contribution in [0, 0.1) is 0 Å². The summed E-state index contributed by atoms with van der Waals surface area (Å²) >= 11 is 0. The van der Waals surface area contributed by atoms with Crippen LogP contribution in [0.25, 0.3) is 10.8 Å². The van der Waals surface area contributed by atoms with E-state index in [0.717, 1.165) is 11.8 Å². The van der Waals surface area contributed by atoms with Crippen LogP contribution in [-0.4, -0.2) is 76.3 Å². The molecule has 2 aliphatic heterocycles. The van der Waals surface area contributed by atoms with Gasteiger partial charge in [0.15, 0.2) is 0 Å².